The molecule has 1 fully saturated rings. The van der Waals surface area contributed by atoms with E-state index in [1.54, 1.807) is 11.8 Å². The average Bonchev–Trinajstić information content (AvgIpc) is 2.45. The van der Waals surface area contributed by atoms with Gasteiger partial charge in [-0.05, 0) is 47.2 Å². The Morgan fingerprint density at radius 1 is 1.55 bits per heavy atom. The maximum atomic E-state index is 12.2. The van der Waals surface area contributed by atoms with Gasteiger partial charge in [0.05, 0.1) is 5.69 Å². The highest BCUT2D eigenvalue weighted by atomic mass is 127. The van der Waals surface area contributed by atoms with Crippen molar-refractivity contribution >= 4 is 34.2 Å². The lowest BCUT2D eigenvalue weighted by Crippen LogP contribution is -2.70. The van der Waals surface area contributed by atoms with E-state index in [2.05, 4.69) is 34.9 Å². The Morgan fingerprint density at radius 3 is 2.75 bits per heavy atom. The number of β-lactam (4-membered cyclic amide) rings is 1. The number of halogens is 1. The van der Waals surface area contributed by atoms with E-state index < -0.39 is 18.2 Å². The molecule has 1 saturated heterocycles. The fraction of sp³-hybridized carbons (Fsp3) is 0.333. The molecule has 0 radical (unpaired) electrons. The molecule has 0 spiro atoms. The second-order valence-corrected chi connectivity index (χ2v) is 5.77. The van der Waals surface area contributed by atoms with Gasteiger partial charge in [-0.1, -0.05) is 18.7 Å². The SMILES string of the molecule is C=C=C(C)[C@@H](O)[C@H]1[C@@H](OC)C(=O)N1c1ccccc1I. The first kappa shape index (κ1) is 15.3. The minimum absolute atomic E-state index is 0.141. The smallest absolute Gasteiger partial charge is 0.258 e. The third kappa shape index (κ3) is 2.42. The largest absolute Gasteiger partial charge is 0.386 e. The van der Waals surface area contributed by atoms with E-state index in [-0.39, 0.29) is 5.91 Å². The highest BCUT2D eigenvalue weighted by Gasteiger charge is 2.52. The quantitative estimate of drug-likeness (QED) is 0.491. The number of hydrogen-bond donors (Lipinski definition) is 1. The van der Waals surface area contributed by atoms with E-state index in [9.17, 15) is 9.90 Å². The van der Waals surface area contributed by atoms with Crippen molar-refractivity contribution in [3.63, 3.8) is 0 Å². The van der Waals surface area contributed by atoms with E-state index in [0.717, 1.165) is 9.26 Å². The van der Waals surface area contributed by atoms with Gasteiger partial charge in [0.1, 0.15) is 12.1 Å². The van der Waals surface area contributed by atoms with Crippen molar-refractivity contribution in [2.45, 2.75) is 25.2 Å². The van der Waals surface area contributed by atoms with Crippen molar-refractivity contribution in [3.8, 4) is 0 Å². The number of rotatable bonds is 4. The van der Waals surface area contributed by atoms with Crippen LogP contribution in [0, 0.1) is 3.57 Å². The zero-order valence-electron chi connectivity index (χ0n) is 11.3. The van der Waals surface area contributed by atoms with Crippen LogP contribution in [-0.4, -0.2) is 36.4 Å². The predicted octanol–water partition coefficient (Wildman–Crippen LogP) is 2.11. The first-order valence-electron chi connectivity index (χ1n) is 6.18. The molecule has 5 heteroatoms. The molecule has 1 aliphatic heterocycles. The highest BCUT2D eigenvalue weighted by Crippen LogP contribution is 2.35. The number of hydrogen-bond acceptors (Lipinski definition) is 3. The van der Waals surface area contributed by atoms with E-state index in [4.69, 9.17) is 4.74 Å². The number of methoxy groups -OCH3 is 1. The van der Waals surface area contributed by atoms with E-state index in [1.165, 1.54) is 7.11 Å². The number of benzene rings is 1. The fourth-order valence-corrected chi connectivity index (χ4v) is 2.96. The van der Waals surface area contributed by atoms with Crippen molar-refractivity contribution in [1.82, 2.24) is 0 Å². The minimum atomic E-state index is -0.842. The lowest BCUT2D eigenvalue weighted by atomic mass is 9.88. The summed E-state index contributed by atoms with van der Waals surface area (Å²) in [6, 6.07) is 7.10. The van der Waals surface area contributed by atoms with Gasteiger partial charge in [0.15, 0.2) is 6.10 Å². The predicted molar refractivity (Wildman–Crippen MR) is 85.6 cm³/mol. The van der Waals surface area contributed by atoms with Crippen molar-refractivity contribution in [1.29, 1.82) is 0 Å². The van der Waals surface area contributed by atoms with Gasteiger partial charge in [-0.3, -0.25) is 9.69 Å². The second kappa shape index (κ2) is 6.10. The summed E-state index contributed by atoms with van der Waals surface area (Å²) < 4.78 is 6.15. The summed E-state index contributed by atoms with van der Waals surface area (Å²) in [4.78, 5) is 13.8. The summed E-state index contributed by atoms with van der Waals surface area (Å²) in [6.07, 6.45) is -1.48. The van der Waals surface area contributed by atoms with Crippen LogP contribution < -0.4 is 4.90 Å². The van der Waals surface area contributed by atoms with Gasteiger partial charge < -0.3 is 9.84 Å². The standard InChI is InChI=1S/C15H16INO3/c1-4-9(2)13(18)12-14(20-3)15(19)17(12)11-8-6-5-7-10(11)16/h5-8,12-14,18H,1H2,2-3H3/t12-,13+,14+/m0/s1. The lowest BCUT2D eigenvalue weighted by Gasteiger charge is -2.48. The maximum Gasteiger partial charge on any atom is 0.258 e. The van der Waals surface area contributed by atoms with Gasteiger partial charge in [-0.15, -0.1) is 5.73 Å². The van der Waals surface area contributed by atoms with Crippen LogP contribution in [0.5, 0.6) is 0 Å². The monoisotopic (exact) mass is 385 g/mol. The van der Waals surface area contributed by atoms with Crippen LogP contribution in [-0.2, 0) is 9.53 Å². The van der Waals surface area contributed by atoms with Crippen LogP contribution in [0.2, 0.25) is 0 Å². The van der Waals surface area contributed by atoms with Gasteiger partial charge in [0, 0.05) is 10.7 Å². The third-order valence-corrected chi connectivity index (χ3v) is 4.41. The van der Waals surface area contributed by atoms with Crippen LogP contribution in [0.25, 0.3) is 0 Å². The van der Waals surface area contributed by atoms with Crippen LogP contribution in [0.3, 0.4) is 0 Å². The Hall–Kier alpha value is -1.14. The molecule has 1 aromatic carbocycles. The van der Waals surface area contributed by atoms with Crippen LogP contribution in [0.4, 0.5) is 5.69 Å². The second-order valence-electron chi connectivity index (χ2n) is 4.61. The molecule has 3 atom stereocenters. The summed E-state index contributed by atoms with van der Waals surface area (Å²) in [7, 11) is 1.47. The molecule has 0 unspecified atom stereocenters. The Morgan fingerprint density at radius 2 is 2.20 bits per heavy atom. The molecule has 0 aliphatic carbocycles. The molecule has 1 aliphatic rings. The topological polar surface area (TPSA) is 49.8 Å². The molecule has 20 heavy (non-hydrogen) atoms. The van der Waals surface area contributed by atoms with Crippen molar-refractivity contribution < 1.29 is 14.6 Å². The lowest BCUT2D eigenvalue weighted by molar-refractivity contribution is -0.143. The molecule has 0 aromatic heterocycles. The van der Waals surface area contributed by atoms with Crippen molar-refractivity contribution in [2.24, 2.45) is 0 Å². The van der Waals surface area contributed by atoms with Gasteiger partial charge in [-0.2, -0.15) is 0 Å². The molecule has 4 nitrogen and oxygen atoms in total. The first-order valence-corrected chi connectivity index (χ1v) is 7.25. The molecule has 0 bridgehead atoms. The van der Waals surface area contributed by atoms with E-state index >= 15 is 0 Å². The molecule has 2 rings (SSSR count). The molecule has 1 amide bonds. The number of aliphatic hydroxyl groups excluding tert-OH is 1. The number of carbonyl (C=O) groups excluding carboxylic acids is 1. The number of aliphatic hydroxyl groups is 1. The summed E-state index contributed by atoms with van der Waals surface area (Å²) in [6.45, 7) is 5.28. The van der Waals surface area contributed by atoms with Crippen LogP contribution in [0.15, 0.2) is 42.1 Å². The molecule has 1 N–H and O–H groups in total. The molecular weight excluding hydrogens is 369 g/mol. The van der Waals surface area contributed by atoms with Crippen molar-refractivity contribution in [3.05, 3.63) is 45.7 Å². The van der Waals surface area contributed by atoms with Crippen LogP contribution >= 0.6 is 22.6 Å². The molecule has 1 aromatic rings. The summed E-state index contributed by atoms with van der Waals surface area (Å²) in [5, 5.41) is 10.4. The Kier molecular flexibility index (Phi) is 4.65. The number of carbonyl (C=O) groups is 1. The van der Waals surface area contributed by atoms with E-state index in [0.29, 0.717) is 5.57 Å². The number of amides is 1. The first-order chi connectivity index (χ1) is 9.52. The third-order valence-electron chi connectivity index (χ3n) is 3.50. The normalized spacial score (nSPS) is 23.0. The molecular formula is C15H16INO3. The maximum absolute atomic E-state index is 12.2. The zero-order valence-corrected chi connectivity index (χ0v) is 13.5. The number of ether oxygens (including phenoxy) is 1. The van der Waals surface area contributed by atoms with E-state index in [1.807, 2.05) is 24.3 Å². The van der Waals surface area contributed by atoms with Crippen LogP contribution in [0.1, 0.15) is 6.92 Å². The zero-order chi connectivity index (χ0) is 14.9. The number of para-hydroxylation sites is 1. The fourth-order valence-electron chi connectivity index (χ4n) is 2.32. The van der Waals surface area contributed by atoms with Gasteiger partial charge in [0.2, 0.25) is 0 Å². The van der Waals surface area contributed by atoms with Gasteiger partial charge >= 0.3 is 0 Å². The summed E-state index contributed by atoms with van der Waals surface area (Å²) in [5.41, 5.74) is 4.06. The number of anilines is 1. The van der Waals surface area contributed by atoms with Crippen molar-refractivity contribution in [2.75, 3.05) is 12.0 Å². The average molecular weight is 385 g/mol. The molecule has 1 heterocycles. The highest BCUT2D eigenvalue weighted by molar-refractivity contribution is 14.1. The number of nitrogens with zero attached hydrogens (tertiary/aromatic N) is 1. The Balaban J connectivity index is 2.39. The van der Waals surface area contributed by atoms with Gasteiger partial charge in [0.25, 0.3) is 5.91 Å². The summed E-state index contributed by atoms with van der Waals surface area (Å²) in [5.74, 6) is -0.141. The molecule has 106 valence electrons. The minimum Gasteiger partial charge on any atom is -0.386 e. The Labute approximate surface area is 131 Å². The van der Waals surface area contributed by atoms with Gasteiger partial charge in [-0.25, -0.2) is 0 Å². The Bertz CT molecular complexity index is 580. The molecule has 0 saturated carbocycles. The summed E-state index contributed by atoms with van der Waals surface area (Å²) >= 11 is 2.17.